The number of methoxy groups -OCH3 is 1. The SMILES string of the molecule is COc1ccc(CN(C)CCC(F)(F)F)cc1. The van der Waals surface area contributed by atoms with Crippen LogP contribution in [-0.4, -0.2) is 31.8 Å². The molecule has 0 heterocycles. The largest absolute Gasteiger partial charge is 0.497 e. The Balaban J connectivity index is 2.42. The van der Waals surface area contributed by atoms with Crippen LogP contribution in [-0.2, 0) is 6.54 Å². The zero-order valence-electron chi connectivity index (χ0n) is 9.92. The lowest BCUT2D eigenvalue weighted by atomic mass is 10.2. The monoisotopic (exact) mass is 247 g/mol. The molecule has 0 radical (unpaired) electrons. The number of hydrogen-bond donors (Lipinski definition) is 0. The number of hydrogen-bond acceptors (Lipinski definition) is 2. The number of halogens is 3. The van der Waals surface area contributed by atoms with Crippen molar-refractivity contribution in [3.05, 3.63) is 29.8 Å². The van der Waals surface area contributed by atoms with E-state index in [1.165, 1.54) is 0 Å². The topological polar surface area (TPSA) is 12.5 Å². The first-order valence-corrected chi connectivity index (χ1v) is 5.29. The average Bonchev–Trinajstić information content (AvgIpc) is 2.27. The minimum atomic E-state index is -4.09. The van der Waals surface area contributed by atoms with Gasteiger partial charge in [0.05, 0.1) is 13.5 Å². The van der Waals surface area contributed by atoms with E-state index >= 15 is 0 Å². The molecule has 5 heteroatoms. The number of nitrogens with zero attached hydrogens (tertiary/aromatic N) is 1. The molecule has 2 nitrogen and oxygen atoms in total. The van der Waals surface area contributed by atoms with Gasteiger partial charge in [-0.25, -0.2) is 0 Å². The van der Waals surface area contributed by atoms with Gasteiger partial charge in [0.2, 0.25) is 0 Å². The Bertz CT molecular complexity index is 335. The Hall–Kier alpha value is -1.23. The van der Waals surface area contributed by atoms with E-state index in [0.29, 0.717) is 6.54 Å². The van der Waals surface area contributed by atoms with Crippen molar-refractivity contribution in [3.8, 4) is 5.75 Å². The third-order valence-electron chi connectivity index (χ3n) is 2.39. The van der Waals surface area contributed by atoms with Crippen LogP contribution in [0.25, 0.3) is 0 Å². The summed E-state index contributed by atoms with van der Waals surface area (Å²) in [7, 11) is 3.25. The van der Waals surface area contributed by atoms with E-state index in [0.717, 1.165) is 11.3 Å². The lowest BCUT2D eigenvalue weighted by Crippen LogP contribution is -2.24. The van der Waals surface area contributed by atoms with Crippen molar-refractivity contribution >= 4 is 0 Å². The minimum Gasteiger partial charge on any atom is -0.497 e. The Labute approximate surface area is 99.0 Å². The first-order chi connectivity index (χ1) is 7.90. The van der Waals surface area contributed by atoms with Gasteiger partial charge in [0, 0.05) is 13.1 Å². The quantitative estimate of drug-likeness (QED) is 0.792. The summed E-state index contributed by atoms with van der Waals surface area (Å²) in [6, 6.07) is 7.30. The Morgan fingerprint density at radius 2 is 1.76 bits per heavy atom. The summed E-state index contributed by atoms with van der Waals surface area (Å²) >= 11 is 0. The summed E-state index contributed by atoms with van der Waals surface area (Å²) in [6.07, 6.45) is -4.87. The van der Waals surface area contributed by atoms with Crippen LogP contribution >= 0.6 is 0 Å². The van der Waals surface area contributed by atoms with E-state index in [1.807, 2.05) is 12.1 Å². The van der Waals surface area contributed by atoms with Crippen LogP contribution in [0.15, 0.2) is 24.3 Å². The summed E-state index contributed by atoms with van der Waals surface area (Å²) < 4.78 is 41.0. The van der Waals surface area contributed by atoms with E-state index < -0.39 is 12.6 Å². The second kappa shape index (κ2) is 5.91. The molecule has 17 heavy (non-hydrogen) atoms. The smallest absolute Gasteiger partial charge is 0.390 e. The molecule has 1 aromatic rings. The summed E-state index contributed by atoms with van der Waals surface area (Å²) in [6.45, 7) is 0.510. The maximum atomic E-state index is 12.0. The molecule has 1 aromatic carbocycles. The Morgan fingerprint density at radius 3 is 2.24 bits per heavy atom. The molecule has 0 amide bonds. The van der Waals surface area contributed by atoms with E-state index in [2.05, 4.69) is 0 Å². The predicted molar refractivity (Wildman–Crippen MR) is 60.0 cm³/mol. The van der Waals surface area contributed by atoms with Crippen molar-refractivity contribution in [1.29, 1.82) is 0 Å². The first-order valence-electron chi connectivity index (χ1n) is 5.29. The Morgan fingerprint density at radius 1 is 1.18 bits per heavy atom. The highest BCUT2D eigenvalue weighted by Gasteiger charge is 2.26. The summed E-state index contributed by atoms with van der Waals surface area (Å²) in [4.78, 5) is 1.65. The van der Waals surface area contributed by atoms with Crippen LogP contribution in [0, 0.1) is 0 Å². The molecule has 0 fully saturated rings. The van der Waals surface area contributed by atoms with Crippen LogP contribution in [0.3, 0.4) is 0 Å². The lowest BCUT2D eigenvalue weighted by Gasteiger charge is -2.17. The van der Waals surface area contributed by atoms with Crippen molar-refractivity contribution in [3.63, 3.8) is 0 Å². The Kier molecular flexibility index (Phi) is 4.81. The van der Waals surface area contributed by atoms with Gasteiger partial charge in [-0.1, -0.05) is 12.1 Å². The number of ether oxygens (including phenoxy) is 1. The van der Waals surface area contributed by atoms with Gasteiger partial charge in [0.25, 0.3) is 0 Å². The van der Waals surface area contributed by atoms with Crippen molar-refractivity contribution in [2.75, 3.05) is 20.7 Å². The van der Waals surface area contributed by atoms with Gasteiger partial charge in [0.15, 0.2) is 0 Å². The molecule has 0 unspecified atom stereocenters. The van der Waals surface area contributed by atoms with Crippen molar-refractivity contribution in [2.24, 2.45) is 0 Å². The van der Waals surface area contributed by atoms with Crippen molar-refractivity contribution in [2.45, 2.75) is 19.1 Å². The molecule has 0 spiro atoms. The van der Waals surface area contributed by atoms with E-state index in [1.54, 1.807) is 31.2 Å². The third-order valence-corrected chi connectivity index (χ3v) is 2.39. The third kappa shape index (κ3) is 5.58. The van der Waals surface area contributed by atoms with E-state index in [4.69, 9.17) is 4.74 Å². The average molecular weight is 247 g/mol. The normalized spacial score (nSPS) is 11.9. The minimum absolute atomic E-state index is 0.00945. The predicted octanol–water partition coefficient (Wildman–Crippen LogP) is 3.08. The zero-order chi connectivity index (χ0) is 12.9. The van der Waals surface area contributed by atoms with Gasteiger partial charge in [-0.2, -0.15) is 13.2 Å². The summed E-state index contributed by atoms with van der Waals surface area (Å²) in [5.74, 6) is 0.742. The summed E-state index contributed by atoms with van der Waals surface area (Å²) in [5, 5.41) is 0. The molecular formula is C12H16F3NO. The molecule has 0 aliphatic carbocycles. The fourth-order valence-electron chi connectivity index (χ4n) is 1.44. The molecule has 0 aliphatic heterocycles. The molecule has 0 bridgehead atoms. The van der Waals surface area contributed by atoms with Crippen LogP contribution in [0.2, 0.25) is 0 Å². The van der Waals surface area contributed by atoms with Gasteiger partial charge in [-0.3, -0.25) is 0 Å². The van der Waals surface area contributed by atoms with Crippen LogP contribution in [0.5, 0.6) is 5.75 Å². The summed E-state index contributed by atoms with van der Waals surface area (Å²) in [5.41, 5.74) is 0.968. The molecule has 0 aromatic heterocycles. The van der Waals surface area contributed by atoms with Gasteiger partial charge >= 0.3 is 6.18 Å². The van der Waals surface area contributed by atoms with Gasteiger partial charge in [-0.15, -0.1) is 0 Å². The van der Waals surface area contributed by atoms with E-state index in [9.17, 15) is 13.2 Å². The van der Waals surface area contributed by atoms with Gasteiger partial charge in [0.1, 0.15) is 5.75 Å². The van der Waals surface area contributed by atoms with Crippen molar-refractivity contribution < 1.29 is 17.9 Å². The zero-order valence-corrected chi connectivity index (χ0v) is 9.92. The standard InChI is InChI=1S/C12H16F3NO/c1-16(8-7-12(13,14)15)9-10-3-5-11(17-2)6-4-10/h3-6H,7-9H2,1-2H3. The maximum Gasteiger partial charge on any atom is 0.390 e. The molecule has 0 atom stereocenters. The fraction of sp³-hybridized carbons (Fsp3) is 0.500. The molecule has 0 saturated heterocycles. The van der Waals surface area contributed by atoms with Gasteiger partial charge < -0.3 is 9.64 Å². The second-order valence-electron chi connectivity index (χ2n) is 3.95. The molecule has 0 aliphatic rings. The molecule has 0 saturated carbocycles. The second-order valence-corrected chi connectivity index (χ2v) is 3.95. The highest BCUT2D eigenvalue weighted by atomic mass is 19.4. The highest BCUT2D eigenvalue weighted by Crippen LogP contribution is 2.20. The molecular weight excluding hydrogens is 231 g/mol. The van der Waals surface area contributed by atoms with Crippen LogP contribution in [0.4, 0.5) is 13.2 Å². The number of alkyl halides is 3. The first kappa shape index (κ1) is 13.8. The van der Waals surface area contributed by atoms with Gasteiger partial charge in [-0.05, 0) is 24.7 Å². The highest BCUT2D eigenvalue weighted by molar-refractivity contribution is 5.26. The van der Waals surface area contributed by atoms with Crippen molar-refractivity contribution in [1.82, 2.24) is 4.90 Å². The maximum absolute atomic E-state index is 12.0. The lowest BCUT2D eigenvalue weighted by molar-refractivity contribution is -0.137. The van der Waals surface area contributed by atoms with E-state index in [-0.39, 0.29) is 6.54 Å². The molecule has 96 valence electrons. The fourth-order valence-corrected chi connectivity index (χ4v) is 1.44. The van der Waals surface area contributed by atoms with Crippen LogP contribution < -0.4 is 4.74 Å². The number of benzene rings is 1. The number of rotatable bonds is 5. The van der Waals surface area contributed by atoms with Crippen LogP contribution in [0.1, 0.15) is 12.0 Å². The molecule has 0 N–H and O–H groups in total. The molecule has 1 rings (SSSR count).